The van der Waals surface area contributed by atoms with E-state index in [1.54, 1.807) is 27.1 Å². The number of ether oxygens (including phenoxy) is 1. The van der Waals surface area contributed by atoms with Gasteiger partial charge in [-0.2, -0.15) is 9.97 Å². The normalized spacial score (nSPS) is 16.1. The number of anilines is 1. The molecule has 8 heterocycles. The van der Waals surface area contributed by atoms with Crippen molar-refractivity contribution in [3.63, 3.8) is 0 Å². The number of benzene rings is 2. The summed E-state index contributed by atoms with van der Waals surface area (Å²) in [6.45, 7) is 13.3. The lowest BCUT2D eigenvalue weighted by molar-refractivity contribution is 0.00578. The Bertz CT molecular complexity index is 3560. The Morgan fingerprint density at radius 2 is 1.41 bits per heavy atom. The number of nitrogens with one attached hydrogen (secondary N) is 2. The van der Waals surface area contributed by atoms with E-state index < -0.39 is 24.1 Å². The summed E-state index contributed by atoms with van der Waals surface area (Å²) in [5.41, 5.74) is 6.39. The standard InChI is InChI=1S/C22H16F2N6O.C12H8Cl2FN3.C11H15BFNO2.C5H6N2O.21H2/c1-3-12-4-14(23)6-17-18-20(13-5-15(24)8-25-7-13)29-22(30-21(18)28-19(12)17)31-16-9-26-11(2)27-10-16;1-16-8-3-5(15)2-7-6(8)4-9-10(7)11(13)18-12(14)17-9;1-10(2)11(3,4)16-12(15-10)8-5-9(13)7-14-6-8;1-4-6-2-5(8)3-7-4;;;;;;;;;;;;;;;;;;;;;/h4-10H,3H2,1-2H3,(H,28,29,30);2-3,16H,4H2,1H3;5-7H,1-4H3;2-3,8H,1H3;21*1H/i;;;;21*1+1D. The molecule has 0 amide bonds. The summed E-state index contributed by atoms with van der Waals surface area (Å²) in [5, 5.41) is 13.1. The maximum absolute atomic E-state index is 14.3. The lowest BCUT2D eigenvalue weighted by Gasteiger charge is -2.32. The number of aromatic nitrogens is 11. The third kappa shape index (κ3) is 11.6. The van der Waals surface area contributed by atoms with Crippen LogP contribution in [0.5, 0.6) is 17.5 Å². The molecule has 23 heteroatoms. The van der Waals surface area contributed by atoms with Crippen LogP contribution in [0.3, 0.4) is 0 Å². The highest BCUT2D eigenvalue weighted by Crippen LogP contribution is 2.44. The van der Waals surface area contributed by atoms with Gasteiger partial charge in [0.05, 0.1) is 70.7 Å². The predicted molar refractivity (Wildman–Crippen MR) is 313 cm³/mol. The van der Waals surface area contributed by atoms with Crippen LogP contribution in [0.25, 0.3) is 44.3 Å². The number of hydrogen-bond acceptors (Lipinski definition) is 15. The summed E-state index contributed by atoms with van der Waals surface area (Å²) in [5.74, 6) is 0.136. The fourth-order valence-electron chi connectivity index (χ4n) is 7.73. The van der Waals surface area contributed by atoms with Crippen molar-refractivity contribution in [1.82, 2.24) is 54.8 Å². The smallest absolute Gasteiger partial charge is 0.496 e. The van der Waals surface area contributed by atoms with E-state index in [9.17, 15) is 17.6 Å². The quantitative estimate of drug-likeness (QED) is 0.0613. The van der Waals surface area contributed by atoms with Gasteiger partial charge in [0, 0.05) is 116 Å². The summed E-state index contributed by atoms with van der Waals surface area (Å²) in [7, 11) is 1.20. The van der Waals surface area contributed by atoms with Crippen molar-refractivity contribution in [2.24, 2.45) is 0 Å². The molecule has 0 saturated carbocycles. The summed E-state index contributed by atoms with van der Waals surface area (Å²) in [4.78, 5) is 43.6. The SMILES string of the molecule is CC1(C)OB(c2cncc(F)c2)OC1(C)C.CCc1cc(F)cc2c1[nH]c1nc(Oc3cnc(C)nc3)nc(-c3cncc(F)c3)c12.CNc1cc(F)cc2c1Cc1nc(Cl)nc(Cl)c1-2.Cc1ncc(O)cn1.[2H][2H].[2H][2H].[2H][2H].[2H][2H].[2H][2H].[2H][2H].[2H][2H].[2H][2H].[2H][2H].[2H][2H].[2H][2H].[2H][2H].[2H][2H].[2H][2H].[2H][2H].[2H][2H].[2H][2H].[2H][2H].[2H][2H].[2H][2H].[2H][2H]. The van der Waals surface area contributed by atoms with E-state index in [4.69, 9.17) is 105 Å². The third-order valence-electron chi connectivity index (χ3n) is 11.9. The van der Waals surface area contributed by atoms with Gasteiger partial charge >= 0.3 is 13.1 Å². The minimum absolute atomic E-state index is 0.0179. The highest BCUT2D eigenvalue weighted by atomic mass is 35.5. The maximum Gasteiger partial charge on any atom is 0.496 e. The van der Waals surface area contributed by atoms with Gasteiger partial charge in [-0.25, -0.2) is 47.5 Å². The number of nitrogens with zero attached hydrogens (tertiary/aromatic N) is 10. The van der Waals surface area contributed by atoms with Crippen LogP contribution in [-0.4, -0.2) is 85.3 Å². The number of rotatable bonds is 6. The summed E-state index contributed by atoms with van der Waals surface area (Å²) in [6, 6.07) is 8.52. The van der Waals surface area contributed by atoms with Crippen molar-refractivity contribution in [2.75, 3.05) is 12.4 Å². The molecule has 1 aliphatic carbocycles. The Balaban J connectivity index is -0.0000000888. The molecule has 3 N–H and O–H groups in total. The van der Waals surface area contributed by atoms with Gasteiger partial charge in [-0.1, -0.05) is 18.5 Å². The number of fused-ring (bicyclic) bond motifs is 6. The minimum atomic E-state index is -0.548. The molecule has 9 aromatic rings. The Hall–Kier alpha value is -7.46. The molecule has 416 valence electrons. The molecule has 1 fully saturated rings. The maximum atomic E-state index is 14.3. The molecule has 16 nitrogen and oxygen atoms in total. The second-order valence-corrected chi connectivity index (χ2v) is 18.2. The second-order valence-electron chi connectivity index (χ2n) is 17.5. The van der Waals surface area contributed by atoms with Crippen LogP contribution in [0, 0.1) is 37.1 Å². The van der Waals surface area contributed by atoms with E-state index in [1.165, 1.54) is 67.4 Å². The Morgan fingerprint density at radius 3 is 2.03 bits per heavy atom. The minimum Gasteiger partial charge on any atom is -0.505 e. The van der Waals surface area contributed by atoms with Crippen molar-refractivity contribution in [3.8, 4) is 39.9 Å². The molecule has 2 aromatic carbocycles. The Kier molecular flexibility index (Phi) is 9.12. The van der Waals surface area contributed by atoms with Crippen LogP contribution in [-0.2, 0) is 22.2 Å². The molecule has 73 heavy (non-hydrogen) atoms. The van der Waals surface area contributed by atoms with Crippen molar-refractivity contribution in [3.05, 3.63) is 148 Å². The van der Waals surface area contributed by atoms with Crippen LogP contribution in [0.1, 0.15) is 125 Å². The van der Waals surface area contributed by atoms with Crippen molar-refractivity contribution in [2.45, 2.75) is 72.5 Å². The Labute approximate surface area is 491 Å². The molecule has 7 aromatic heterocycles. The molecule has 1 saturated heterocycles. The molecular formula is C50H87BCl2F4N12O4. The lowest BCUT2D eigenvalue weighted by Crippen LogP contribution is -2.41. The number of halogens is 6. The molecule has 0 bridgehead atoms. The van der Waals surface area contributed by atoms with Crippen LogP contribution < -0.4 is 15.5 Å². The average Bonchev–Trinajstić information content (AvgIpc) is 1.61. The molecule has 0 atom stereocenters. The first-order chi connectivity index (χ1) is 55.7. The number of aromatic hydroxyl groups is 1. The molecule has 0 radical (unpaired) electrons. The Morgan fingerprint density at radius 1 is 0.781 bits per heavy atom. The van der Waals surface area contributed by atoms with Crippen LogP contribution in [0.2, 0.25) is 10.4 Å². The van der Waals surface area contributed by atoms with E-state index >= 15 is 0 Å². The van der Waals surface area contributed by atoms with E-state index in [-0.39, 0.29) is 39.6 Å². The molecule has 1 aliphatic heterocycles. The zero-order valence-corrected chi connectivity index (χ0v) is 42.0. The summed E-state index contributed by atoms with van der Waals surface area (Å²) < 4.78 is 282. The zero-order chi connectivity index (χ0) is 94.4. The van der Waals surface area contributed by atoms with E-state index in [0.29, 0.717) is 68.9 Å². The first kappa shape index (κ1) is 31.2. The zero-order valence-electron chi connectivity index (χ0n) is 82.5. The van der Waals surface area contributed by atoms with Gasteiger partial charge in [0.25, 0.3) is 0 Å². The van der Waals surface area contributed by atoms with Crippen LogP contribution in [0.15, 0.2) is 86.0 Å². The van der Waals surface area contributed by atoms with Crippen LogP contribution >= 0.6 is 23.2 Å². The van der Waals surface area contributed by atoms with Crippen molar-refractivity contribution in [1.29, 1.82) is 0 Å². The fourth-order valence-corrected chi connectivity index (χ4v) is 8.25. The molecule has 11 rings (SSSR count). The summed E-state index contributed by atoms with van der Waals surface area (Å²) >= 11 is 11.9. The first-order valence-corrected chi connectivity index (χ1v) is 23.2. The predicted octanol–water partition coefficient (Wildman–Crippen LogP) is 15.6. The number of hydrogen-bond donors (Lipinski definition) is 3. The molecule has 0 spiro atoms. The van der Waals surface area contributed by atoms with Gasteiger partial charge in [0.15, 0.2) is 11.5 Å². The van der Waals surface area contributed by atoms with E-state index in [2.05, 4.69) is 60.1 Å². The lowest BCUT2D eigenvalue weighted by atomic mass is 9.80. The van der Waals surface area contributed by atoms with Crippen molar-refractivity contribution < 1.29 is 99.1 Å². The van der Waals surface area contributed by atoms with Gasteiger partial charge in [-0.15, -0.1) is 0 Å². The summed E-state index contributed by atoms with van der Waals surface area (Å²) in [6.07, 6.45) is 12.3. The number of aryl methyl sites for hydroxylation is 3. The van der Waals surface area contributed by atoms with Gasteiger partial charge in [-0.3, -0.25) is 9.97 Å². The largest absolute Gasteiger partial charge is 0.505 e. The highest BCUT2D eigenvalue weighted by molar-refractivity contribution is 6.62. The fraction of sp³-hybridized carbons (Fsp3) is 0.240. The highest BCUT2D eigenvalue weighted by Gasteiger charge is 2.52. The molecule has 0 unspecified atom stereocenters. The third-order valence-corrected chi connectivity index (χ3v) is 12.4. The second kappa shape index (κ2) is 21.3. The van der Waals surface area contributed by atoms with Gasteiger partial charge < -0.3 is 29.5 Å². The number of pyridine rings is 2. The number of aromatic amines is 1. The first-order valence-electron chi connectivity index (χ1n) is 43.5. The van der Waals surface area contributed by atoms with Gasteiger partial charge in [0.1, 0.15) is 45.7 Å². The van der Waals surface area contributed by atoms with Gasteiger partial charge in [-0.05, 0) is 113 Å². The number of H-pyrrole nitrogens is 1. The average molecular weight is 1120 g/mol. The van der Waals surface area contributed by atoms with E-state index in [0.717, 1.165) is 46.0 Å². The van der Waals surface area contributed by atoms with Crippen molar-refractivity contribution >= 4 is 63.4 Å². The molecular weight excluding hydrogens is 990 g/mol. The van der Waals surface area contributed by atoms with Crippen LogP contribution in [0.4, 0.5) is 23.2 Å². The topological polar surface area (TPSA) is 205 Å². The van der Waals surface area contributed by atoms with E-state index in [1.807, 2.05) is 34.6 Å². The van der Waals surface area contributed by atoms with Gasteiger partial charge in [0.2, 0.25) is 5.28 Å². The molecule has 2 aliphatic rings. The monoisotopic (exact) mass is 1120 g/mol.